The van der Waals surface area contributed by atoms with E-state index in [1.807, 2.05) is 0 Å². The largest absolute Gasteiger partial charge is 0.493 e. The molecular weight excluding hydrogens is 314 g/mol. The maximum absolute atomic E-state index is 6.11. The molecule has 1 aromatic carbocycles. The van der Waals surface area contributed by atoms with Gasteiger partial charge >= 0.3 is 0 Å². The van der Waals surface area contributed by atoms with Crippen molar-refractivity contribution in [2.24, 2.45) is 0 Å². The van der Waals surface area contributed by atoms with Crippen molar-refractivity contribution in [1.29, 1.82) is 0 Å². The minimum absolute atomic E-state index is 0.184. The zero-order chi connectivity index (χ0) is 17.4. The number of nitrogens with two attached hydrogens (primary N) is 2. The van der Waals surface area contributed by atoms with E-state index in [0.29, 0.717) is 5.82 Å². The summed E-state index contributed by atoms with van der Waals surface area (Å²) in [4.78, 5) is 8.23. The lowest BCUT2D eigenvalue weighted by atomic mass is 9.85. The smallest absolute Gasteiger partial charge is 0.221 e. The van der Waals surface area contributed by atoms with Crippen LogP contribution >= 0.6 is 0 Å². The van der Waals surface area contributed by atoms with Gasteiger partial charge in [0.1, 0.15) is 11.6 Å². The van der Waals surface area contributed by atoms with Gasteiger partial charge in [-0.05, 0) is 55.5 Å². The third-order valence-electron chi connectivity index (χ3n) is 4.91. The number of hydrogen-bond acceptors (Lipinski definition) is 6. The Balaban J connectivity index is 1.92. The second kappa shape index (κ2) is 6.37. The standard InChI is InChI=1S/C19H23N5O/c1-11-9-14(15-10-23-19(21)24-18(15)20)17-13(3-2-8-25-17)16(11)12-4-6-22-7-5-12/h4,9-10,22H,2-3,5-8H2,1H3,(H4,20,21,23,24). The zero-order valence-corrected chi connectivity index (χ0v) is 14.4. The van der Waals surface area contributed by atoms with Gasteiger partial charge in [-0.2, -0.15) is 4.98 Å². The third-order valence-corrected chi connectivity index (χ3v) is 4.91. The van der Waals surface area contributed by atoms with Gasteiger partial charge in [0.2, 0.25) is 5.95 Å². The first-order valence-electron chi connectivity index (χ1n) is 8.73. The summed E-state index contributed by atoms with van der Waals surface area (Å²) in [7, 11) is 0. The maximum atomic E-state index is 6.11. The van der Waals surface area contributed by atoms with Gasteiger partial charge in [0.05, 0.1) is 6.61 Å². The lowest BCUT2D eigenvalue weighted by Gasteiger charge is -2.27. The molecule has 2 aliphatic heterocycles. The minimum Gasteiger partial charge on any atom is -0.493 e. The van der Waals surface area contributed by atoms with Crippen LogP contribution < -0.4 is 21.5 Å². The van der Waals surface area contributed by atoms with Crippen LogP contribution in [0, 0.1) is 6.92 Å². The van der Waals surface area contributed by atoms with Crippen LogP contribution in [0.2, 0.25) is 0 Å². The zero-order valence-electron chi connectivity index (χ0n) is 14.4. The Bertz CT molecular complexity index is 859. The normalized spacial score (nSPS) is 16.8. The molecule has 6 heteroatoms. The van der Waals surface area contributed by atoms with E-state index in [2.05, 4.69) is 34.4 Å². The van der Waals surface area contributed by atoms with Gasteiger partial charge < -0.3 is 21.5 Å². The highest BCUT2D eigenvalue weighted by atomic mass is 16.5. The lowest BCUT2D eigenvalue weighted by Crippen LogP contribution is -2.21. The van der Waals surface area contributed by atoms with Crippen LogP contribution in [0.5, 0.6) is 5.75 Å². The van der Waals surface area contributed by atoms with E-state index in [-0.39, 0.29) is 5.95 Å². The summed E-state index contributed by atoms with van der Waals surface area (Å²) < 4.78 is 6.10. The fourth-order valence-electron chi connectivity index (χ4n) is 3.81. The number of benzene rings is 1. The van der Waals surface area contributed by atoms with Crippen LogP contribution in [0.25, 0.3) is 16.7 Å². The van der Waals surface area contributed by atoms with Gasteiger partial charge in [0.25, 0.3) is 0 Å². The summed E-state index contributed by atoms with van der Waals surface area (Å²) in [6.45, 7) is 4.82. The first-order valence-corrected chi connectivity index (χ1v) is 8.73. The summed E-state index contributed by atoms with van der Waals surface area (Å²) in [5.74, 6) is 1.49. The highest BCUT2D eigenvalue weighted by Gasteiger charge is 2.25. The molecule has 0 saturated carbocycles. The van der Waals surface area contributed by atoms with E-state index >= 15 is 0 Å². The fraction of sp³-hybridized carbons (Fsp3) is 0.368. The van der Waals surface area contributed by atoms with Crippen molar-refractivity contribution in [2.75, 3.05) is 31.2 Å². The van der Waals surface area contributed by atoms with E-state index in [1.165, 1.54) is 22.3 Å². The molecule has 0 aliphatic carbocycles. The van der Waals surface area contributed by atoms with Gasteiger partial charge in [-0.25, -0.2) is 4.98 Å². The van der Waals surface area contributed by atoms with Crippen LogP contribution in [-0.4, -0.2) is 29.7 Å². The first-order chi connectivity index (χ1) is 12.1. The van der Waals surface area contributed by atoms with Crippen molar-refractivity contribution in [3.8, 4) is 16.9 Å². The van der Waals surface area contributed by atoms with Crippen molar-refractivity contribution in [3.63, 3.8) is 0 Å². The Hall–Kier alpha value is -2.60. The second-order valence-corrected chi connectivity index (χ2v) is 6.59. The molecule has 0 saturated heterocycles. The molecule has 25 heavy (non-hydrogen) atoms. The molecule has 4 rings (SSSR count). The van der Waals surface area contributed by atoms with Gasteiger partial charge in [-0.1, -0.05) is 6.08 Å². The summed E-state index contributed by atoms with van der Waals surface area (Å²) in [6.07, 6.45) is 7.07. The van der Waals surface area contributed by atoms with Crippen LogP contribution in [0.15, 0.2) is 18.3 Å². The molecule has 0 amide bonds. The predicted molar refractivity (Wildman–Crippen MR) is 100 cm³/mol. The quantitative estimate of drug-likeness (QED) is 0.778. The predicted octanol–water partition coefficient (Wildman–Crippen LogP) is 2.32. The van der Waals surface area contributed by atoms with Crippen LogP contribution in [0.3, 0.4) is 0 Å². The molecular formula is C19H23N5O. The van der Waals surface area contributed by atoms with Crippen molar-refractivity contribution >= 4 is 17.3 Å². The maximum Gasteiger partial charge on any atom is 0.221 e. The average molecular weight is 337 g/mol. The third kappa shape index (κ3) is 2.82. The monoisotopic (exact) mass is 337 g/mol. The molecule has 6 nitrogen and oxygen atoms in total. The van der Waals surface area contributed by atoms with Crippen LogP contribution in [0.4, 0.5) is 11.8 Å². The molecule has 130 valence electrons. The van der Waals surface area contributed by atoms with Gasteiger partial charge in [0.15, 0.2) is 0 Å². The number of aromatic nitrogens is 2. The topological polar surface area (TPSA) is 99.1 Å². The molecule has 0 radical (unpaired) electrons. The SMILES string of the molecule is Cc1cc(-c2cnc(N)nc2N)c2c(c1C1=CCNCC1)CCCO2. The van der Waals surface area contributed by atoms with Crippen molar-refractivity contribution in [3.05, 3.63) is 35.0 Å². The number of hydrogen-bond donors (Lipinski definition) is 3. The van der Waals surface area contributed by atoms with Crippen LogP contribution in [-0.2, 0) is 6.42 Å². The highest BCUT2D eigenvalue weighted by molar-refractivity contribution is 5.85. The summed E-state index contributed by atoms with van der Waals surface area (Å²) in [5.41, 5.74) is 18.8. The fourth-order valence-corrected chi connectivity index (χ4v) is 3.81. The molecule has 1 aromatic heterocycles. The molecule has 5 N–H and O–H groups in total. The lowest BCUT2D eigenvalue weighted by molar-refractivity contribution is 0.289. The number of nitrogens with zero attached hydrogens (tertiary/aromatic N) is 2. The summed E-state index contributed by atoms with van der Waals surface area (Å²) >= 11 is 0. The molecule has 0 spiro atoms. The number of rotatable bonds is 2. The Morgan fingerprint density at radius 1 is 1.20 bits per heavy atom. The molecule has 0 unspecified atom stereocenters. The Kier molecular flexibility index (Phi) is 4.05. The van der Waals surface area contributed by atoms with Crippen molar-refractivity contribution < 1.29 is 4.74 Å². The van der Waals surface area contributed by atoms with Gasteiger partial charge in [0, 0.05) is 29.4 Å². The highest BCUT2D eigenvalue weighted by Crippen LogP contribution is 2.43. The molecule has 2 aliphatic rings. The van der Waals surface area contributed by atoms with Gasteiger partial charge in [-0.3, -0.25) is 0 Å². The summed E-state index contributed by atoms with van der Waals surface area (Å²) in [5, 5.41) is 3.38. The van der Waals surface area contributed by atoms with Crippen molar-refractivity contribution in [2.45, 2.75) is 26.2 Å². The van der Waals surface area contributed by atoms with Crippen molar-refractivity contribution in [1.82, 2.24) is 15.3 Å². The molecule has 3 heterocycles. The van der Waals surface area contributed by atoms with E-state index in [9.17, 15) is 0 Å². The number of nitrogen functional groups attached to an aromatic ring is 2. The van der Waals surface area contributed by atoms with Crippen LogP contribution in [0.1, 0.15) is 29.5 Å². The number of anilines is 2. The molecule has 0 atom stereocenters. The number of ether oxygens (including phenoxy) is 1. The minimum atomic E-state index is 0.184. The van der Waals surface area contributed by atoms with Gasteiger partial charge in [-0.15, -0.1) is 0 Å². The second-order valence-electron chi connectivity index (χ2n) is 6.59. The van der Waals surface area contributed by atoms with E-state index in [0.717, 1.165) is 55.8 Å². The number of aryl methyl sites for hydroxylation is 1. The first kappa shape index (κ1) is 15.9. The number of fused-ring (bicyclic) bond motifs is 1. The Morgan fingerprint density at radius 3 is 2.84 bits per heavy atom. The molecule has 0 bridgehead atoms. The van der Waals surface area contributed by atoms with E-state index < -0.39 is 0 Å². The summed E-state index contributed by atoms with van der Waals surface area (Å²) in [6, 6.07) is 2.15. The molecule has 0 fully saturated rings. The molecule has 2 aromatic rings. The van der Waals surface area contributed by atoms with E-state index in [1.54, 1.807) is 6.20 Å². The Morgan fingerprint density at radius 2 is 2.08 bits per heavy atom. The average Bonchev–Trinajstić information content (AvgIpc) is 2.62. The van der Waals surface area contributed by atoms with E-state index in [4.69, 9.17) is 16.2 Å². The Labute approximate surface area is 147 Å². The number of nitrogens with one attached hydrogen (secondary N) is 1.